The van der Waals surface area contributed by atoms with E-state index < -0.39 is 24.3 Å². The summed E-state index contributed by atoms with van der Waals surface area (Å²) in [5.74, 6) is 0.977. The van der Waals surface area contributed by atoms with E-state index in [0.717, 1.165) is 34.0 Å². The molecule has 1 aliphatic rings. The van der Waals surface area contributed by atoms with Crippen molar-refractivity contribution in [3.8, 4) is 22.9 Å². The number of nitrogens with zero attached hydrogens (tertiary/aromatic N) is 2. The smallest absolute Gasteiger partial charge is 0.337 e. The van der Waals surface area contributed by atoms with Crippen LogP contribution in [0.5, 0.6) is 17.2 Å². The van der Waals surface area contributed by atoms with Gasteiger partial charge in [-0.3, -0.25) is 5.43 Å². The Labute approximate surface area is 285 Å². The number of hydrazone groups is 1. The number of benzene rings is 3. The van der Waals surface area contributed by atoms with Gasteiger partial charge in [0, 0.05) is 28.3 Å². The highest BCUT2D eigenvalue weighted by Gasteiger charge is 2.32. The van der Waals surface area contributed by atoms with E-state index in [0.29, 0.717) is 36.0 Å². The van der Waals surface area contributed by atoms with Gasteiger partial charge in [0.25, 0.3) is 0 Å². The van der Waals surface area contributed by atoms with Gasteiger partial charge in [-0.1, -0.05) is 36.4 Å². The minimum absolute atomic E-state index is 0.134. The molecule has 0 fully saturated rings. The number of methoxy groups -OCH3 is 1. The summed E-state index contributed by atoms with van der Waals surface area (Å²) in [6.07, 6.45) is 0.527. The number of aliphatic hydroxyl groups is 1. The molecule has 49 heavy (non-hydrogen) atoms. The van der Waals surface area contributed by atoms with E-state index in [2.05, 4.69) is 25.7 Å². The molecule has 5 rings (SSSR count). The fourth-order valence-corrected chi connectivity index (χ4v) is 5.56. The zero-order valence-corrected chi connectivity index (χ0v) is 28.2. The third-order valence-electron chi connectivity index (χ3n) is 7.91. The van der Waals surface area contributed by atoms with Gasteiger partial charge in [0.1, 0.15) is 19.0 Å². The number of esters is 1. The number of hydrogen-bond acceptors (Lipinski definition) is 9. The second-order valence-electron chi connectivity index (χ2n) is 11.3. The van der Waals surface area contributed by atoms with Gasteiger partial charge in [-0.2, -0.15) is 5.10 Å². The summed E-state index contributed by atoms with van der Waals surface area (Å²) >= 11 is 0. The fraction of sp³-hybridized carbons (Fsp3) is 0.270. The Morgan fingerprint density at radius 3 is 2.47 bits per heavy atom. The first-order chi connectivity index (χ1) is 23.7. The summed E-state index contributed by atoms with van der Waals surface area (Å²) in [5.41, 5.74) is 8.98. The zero-order valence-electron chi connectivity index (χ0n) is 28.2. The van der Waals surface area contributed by atoms with Crippen LogP contribution in [0.4, 0.5) is 4.79 Å². The lowest BCUT2D eigenvalue weighted by Gasteiger charge is -2.28. The van der Waals surface area contributed by atoms with Crippen LogP contribution in [0.2, 0.25) is 0 Å². The van der Waals surface area contributed by atoms with Crippen molar-refractivity contribution in [3.05, 3.63) is 118 Å². The zero-order chi connectivity index (χ0) is 34.9. The number of ether oxygens (including phenoxy) is 4. The second kappa shape index (κ2) is 15.9. The van der Waals surface area contributed by atoms with E-state index in [9.17, 15) is 14.7 Å². The molecule has 12 nitrogen and oxygen atoms in total. The van der Waals surface area contributed by atoms with Crippen LogP contribution in [-0.2, 0) is 16.1 Å². The number of urea groups is 1. The standard InChI is InChI=1S/C37H41N5O7/c1-6-47-32-19-27(35-34(36(44)46-5)24(3)39-37(45)40-35)12-17-31(32)49-22-33(43)41-38-20-28-18-23(2)42(25(28)4)29-13-15-30(16-14-29)48-21-26-10-8-7-9-11-26/h7-20,33,35,41,43H,6,21-22H2,1-5H3,(H2,39,40,45)/b38-20+/t33-,35-/m0/s1. The number of aryl methyl sites for hydroxylation is 1. The summed E-state index contributed by atoms with van der Waals surface area (Å²) in [7, 11) is 1.28. The SMILES string of the molecule is CCOc1cc([C@@H]2NC(=O)NC(C)=C2C(=O)OC)ccc1OC[C@H](O)N/N=C/c1cc(C)n(-c2ccc(OCc3ccccc3)cc2)c1C. The summed E-state index contributed by atoms with van der Waals surface area (Å²) in [6.45, 7) is 8.20. The van der Waals surface area contributed by atoms with Gasteiger partial charge < -0.3 is 39.3 Å². The van der Waals surface area contributed by atoms with Crippen LogP contribution in [0.1, 0.15) is 48.0 Å². The van der Waals surface area contributed by atoms with Gasteiger partial charge in [0.2, 0.25) is 0 Å². The van der Waals surface area contributed by atoms with Crippen LogP contribution in [-0.4, -0.2) is 54.4 Å². The lowest BCUT2D eigenvalue weighted by molar-refractivity contribution is -0.136. The summed E-state index contributed by atoms with van der Waals surface area (Å²) in [4.78, 5) is 24.7. The van der Waals surface area contributed by atoms with Crippen LogP contribution in [0, 0.1) is 13.8 Å². The third kappa shape index (κ3) is 8.40. The maximum absolute atomic E-state index is 12.5. The molecule has 0 aliphatic carbocycles. The van der Waals surface area contributed by atoms with Gasteiger partial charge >= 0.3 is 12.0 Å². The summed E-state index contributed by atoms with van der Waals surface area (Å²) in [5, 5.41) is 20.2. The fourth-order valence-electron chi connectivity index (χ4n) is 5.56. The van der Waals surface area contributed by atoms with Crippen molar-refractivity contribution in [2.24, 2.45) is 5.10 Å². The predicted molar refractivity (Wildman–Crippen MR) is 185 cm³/mol. The van der Waals surface area contributed by atoms with Crippen molar-refractivity contribution in [1.29, 1.82) is 0 Å². The molecule has 4 N–H and O–H groups in total. The molecule has 4 aromatic rings. The largest absolute Gasteiger partial charge is 0.490 e. The first-order valence-electron chi connectivity index (χ1n) is 15.9. The molecule has 1 aliphatic heterocycles. The van der Waals surface area contributed by atoms with Crippen LogP contribution < -0.4 is 30.3 Å². The topological polar surface area (TPSA) is 145 Å². The normalized spacial score (nSPS) is 15.0. The quantitative estimate of drug-likeness (QED) is 0.0623. The maximum Gasteiger partial charge on any atom is 0.337 e. The Morgan fingerprint density at radius 2 is 1.76 bits per heavy atom. The first kappa shape index (κ1) is 34.6. The van der Waals surface area contributed by atoms with Crippen molar-refractivity contribution in [1.82, 2.24) is 20.6 Å². The van der Waals surface area contributed by atoms with Gasteiger partial charge in [-0.15, -0.1) is 0 Å². The van der Waals surface area contributed by atoms with Crippen LogP contribution in [0.15, 0.2) is 95.2 Å². The number of allylic oxidation sites excluding steroid dienone is 1. The van der Waals surface area contributed by atoms with Gasteiger partial charge in [0.15, 0.2) is 17.7 Å². The van der Waals surface area contributed by atoms with Crippen LogP contribution >= 0.6 is 0 Å². The molecular weight excluding hydrogens is 626 g/mol. The highest BCUT2D eigenvalue weighted by Crippen LogP contribution is 2.35. The molecule has 0 spiro atoms. The molecule has 0 unspecified atom stereocenters. The molecule has 2 heterocycles. The number of aliphatic hydroxyl groups excluding tert-OH is 1. The first-order valence-corrected chi connectivity index (χ1v) is 15.9. The number of carbonyl (C=O) groups excluding carboxylic acids is 2. The highest BCUT2D eigenvalue weighted by atomic mass is 16.5. The average Bonchev–Trinajstić information content (AvgIpc) is 3.38. The lowest BCUT2D eigenvalue weighted by atomic mass is 9.95. The molecule has 3 aromatic carbocycles. The third-order valence-corrected chi connectivity index (χ3v) is 7.91. The van der Waals surface area contributed by atoms with Crippen molar-refractivity contribution >= 4 is 18.2 Å². The Hall–Kier alpha value is -5.75. The predicted octanol–water partition coefficient (Wildman–Crippen LogP) is 5.19. The number of carbonyl (C=O) groups is 2. The number of nitrogens with one attached hydrogen (secondary N) is 3. The van der Waals surface area contributed by atoms with Gasteiger partial charge in [-0.25, -0.2) is 9.59 Å². The van der Waals surface area contributed by atoms with Gasteiger partial charge in [0.05, 0.1) is 31.5 Å². The monoisotopic (exact) mass is 667 g/mol. The van der Waals surface area contributed by atoms with E-state index in [1.165, 1.54) is 7.11 Å². The van der Waals surface area contributed by atoms with E-state index in [1.807, 2.05) is 81.4 Å². The molecule has 0 radical (unpaired) electrons. The highest BCUT2D eigenvalue weighted by molar-refractivity contribution is 5.95. The van der Waals surface area contributed by atoms with Crippen LogP contribution in [0.25, 0.3) is 5.69 Å². The number of rotatable bonds is 14. The second-order valence-corrected chi connectivity index (χ2v) is 11.3. The van der Waals surface area contributed by atoms with E-state index in [1.54, 1.807) is 31.3 Å². The molecule has 0 saturated carbocycles. The number of aromatic nitrogens is 1. The Morgan fingerprint density at radius 1 is 1.00 bits per heavy atom. The minimum atomic E-state index is -1.13. The molecule has 2 atom stereocenters. The molecule has 12 heteroatoms. The molecule has 0 bridgehead atoms. The van der Waals surface area contributed by atoms with E-state index in [-0.39, 0.29) is 12.2 Å². The van der Waals surface area contributed by atoms with Crippen LogP contribution in [0.3, 0.4) is 0 Å². The molecule has 0 saturated heterocycles. The van der Waals surface area contributed by atoms with Gasteiger partial charge in [-0.05, 0) is 81.3 Å². The Balaban J connectivity index is 1.19. The van der Waals surface area contributed by atoms with Crippen molar-refractivity contribution in [3.63, 3.8) is 0 Å². The lowest BCUT2D eigenvalue weighted by Crippen LogP contribution is -2.45. The van der Waals surface area contributed by atoms with Crippen molar-refractivity contribution < 1.29 is 33.6 Å². The molecule has 1 aromatic heterocycles. The average molecular weight is 668 g/mol. The Kier molecular flexibility index (Phi) is 11.2. The van der Waals surface area contributed by atoms with Crippen molar-refractivity contribution in [2.75, 3.05) is 20.3 Å². The Bertz CT molecular complexity index is 1830. The van der Waals surface area contributed by atoms with E-state index >= 15 is 0 Å². The summed E-state index contributed by atoms with van der Waals surface area (Å²) in [6, 6.07) is 23.9. The minimum Gasteiger partial charge on any atom is -0.490 e. The molecule has 256 valence electrons. The van der Waals surface area contributed by atoms with E-state index in [4.69, 9.17) is 18.9 Å². The number of amides is 2. The van der Waals surface area contributed by atoms with Crippen molar-refractivity contribution in [2.45, 2.75) is 46.6 Å². The summed E-state index contributed by atoms with van der Waals surface area (Å²) < 4.78 is 24.6. The number of hydrogen-bond donors (Lipinski definition) is 4. The molecule has 2 amide bonds. The molecular formula is C37H41N5O7. The maximum atomic E-state index is 12.5.